The Kier molecular flexibility index (Phi) is 8.66. The maximum atomic E-state index is 13.2. The molecule has 8 nitrogen and oxygen atoms in total. The van der Waals surface area contributed by atoms with Crippen LogP contribution in [0, 0.1) is 6.92 Å². The third kappa shape index (κ3) is 6.52. The van der Waals surface area contributed by atoms with E-state index in [1.807, 2.05) is 25.1 Å². The predicted octanol–water partition coefficient (Wildman–Crippen LogP) is 6.13. The van der Waals surface area contributed by atoms with Crippen LogP contribution in [0.5, 0.6) is 5.75 Å². The first-order valence-electron chi connectivity index (χ1n) is 12.4. The molecule has 0 radical (unpaired) electrons. The van der Waals surface area contributed by atoms with Gasteiger partial charge in [0.1, 0.15) is 11.4 Å². The summed E-state index contributed by atoms with van der Waals surface area (Å²) in [5, 5.41) is 6.53. The highest BCUT2D eigenvalue weighted by atomic mass is 35.5. The fraction of sp³-hybridized carbons (Fsp3) is 0.207. The largest absolute Gasteiger partial charge is 0.494 e. The quantitative estimate of drug-likeness (QED) is 0.178. The van der Waals surface area contributed by atoms with E-state index >= 15 is 0 Å². The van der Waals surface area contributed by atoms with Crippen LogP contribution in [-0.2, 0) is 9.59 Å². The minimum absolute atomic E-state index is 0.135. The fourth-order valence-corrected chi connectivity index (χ4v) is 4.07. The molecule has 0 aliphatic heterocycles. The molecular formula is C29H29ClN4O4. The number of halogens is 1. The van der Waals surface area contributed by atoms with Crippen LogP contribution < -0.4 is 20.8 Å². The lowest BCUT2D eigenvalue weighted by molar-refractivity contribution is -0.133. The highest BCUT2D eigenvalue weighted by Gasteiger charge is 2.21. The number of aromatic nitrogens is 1. The Morgan fingerprint density at radius 3 is 2.39 bits per heavy atom. The van der Waals surface area contributed by atoms with Crippen LogP contribution in [0.1, 0.15) is 42.2 Å². The average molecular weight is 533 g/mol. The van der Waals surface area contributed by atoms with Crippen molar-refractivity contribution in [2.24, 2.45) is 0 Å². The Morgan fingerprint density at radius 2 is 1.66 bits per heavy atom. The van der Waals surface area contributed by atoms with Crippen molar-refractivity contribution in [3.63, 3.8) is 0 Å². The van der Waals surface area contributed by atoms with Crippen molar-refractivity contribution in [1.29, 1.82) is 0 Å². The number of hydrogen-bond donors (Lipinski definition) is 3. The summed E-state index contributed by atoms with van der Waals surface area (Å²) in [7, 11) is 0. The lowest BCUT2D eigenvalue weighted by Gasteiger charge is -2.13. The topological polar surface area (TPSA) is 101 Å². The molecule has 1 heterocycles. The summed E-state index contributed by atoms with van der Waals surface area (Å²) in [6.07, 6.45) is 3.18. The fourth-order valence-electron chi connectivity index (χ4n) is 3.89. The molecule has 0 bridgehead atoms. The Balaban J connectivity index is 1.49. The van der Waals surface area contributed by atoms with Crippen LogP contribution in [0.25, 0.3) is 10.9 Å². The molecular weight excluding hydrogens is 504 g/mol. The number of ether oxygens (including phenoxy) is 1. The summed E-state index contributed by atoms with van der Waals surface area (Å²) in [5.41, 5.74) is 5.14. The van der Waals surface area contributed by atoms with E-state index in [4.69, 9.17) is 16.3 Å². The number of para-hydroxylation sites is 1. The number of benzene rings is 3. The molecule has 4 rings (SSSR count). The Hall–Kier alpha value is -4.30. The Labute approximate surface area is 225 Å². The van der Waals surface area contributed by atoms with Crippen molar-refractivity contribution in [2.75, 3.05) is 22.7 Å². The van der Waals surface area contributed by atoms with Crippen molar-refractivity contribution >= 4 is 51.6 Å². The monoisotopic (exact) mass is 532 g/mol. The number of nitrogens with one attached hydrogen (secondary N) is 3. The summed E-state index contributed by atoms with van der Waals surface area (Å²) in [6, 6.07) is 20.7. The van der Waals surface area contributed by atoms with Gasteiger partial charge in [-0.2, -0.15) is 0 Å². The summed E-state index contributed by atoms with van der Waals surface area (Å²) in [4.78, 5) is 38.7. The van der Waals surface area contributed by atoms with E-state index in [9.17, 15) is 14.4 Å². The maximum absolute atomic E-state index is 13.2. The summed E-state index contributed by atoms with van der Waals surface area (Å²) in [5.74, 6) is -1.60. The van der Waals surface area contributed by atoms with Crippen molar-refractivity contribution in [1.82, 2.24) is 4.68 Å². The maximum Gasteiger partial charge on any atom is 0.328 e. The van der Waals surface area contributed by atoms with E-state index in [0.29, 0.717) is 39.7 Å². The van der Waals surface area contributed by atoms with Crippen molar-refractivity contribution in [3.8, 4) is 5.75 Å². The number of nitrogens with zero attached hydrogens (tertiary/aromatic N) is 1. The van der Waals surface area contributed by atoms with Gasteiger partial charge < -0.3 is 15.4 Å². The zero-order valence-corrected chi connectivity index (χ0v) is 22.0. The molecule has 3 aromatic carbocycles. The van der Waals surface area contributed by atoms with Crippen molar-refractivity contribution < 1.29 is 19.1 Å². The normalized spacial score (nSPS) is 10.7. The Morgan fingerprint density at radius 1 is 0.895 bits per heavy atom. The lowest BCUT2D eigenvalue weighted by Crippen LogP contribution is -2.36. The second-order valence-electron chi connectivity index (χ2n) is 8.81. The van der Waals surface area contributed by atoms with Crippen LogP contribution in [0.2, 0.25) is 5.02 Å². The third-order valence-electron chi connectivity index (χ3n) is 5.94. The van der Waals surface area contributed by atoms with Crippen LogP contribution in [0.15, 0.2) is 72.8 Å². The van der Waals surface area contributed by atoms with Crippen LogP contribution in [-0.4, -0.2) is 29.0 Å². The van der Waals surface area contributed by atoms with Gasteiger partial charge in [-0.3, -0.25) is 19.8 Å². The van der Waals surface area contributed by atoms with Gasteiger partial charge in [-0.25, -0.2) is 4.68 Å². The van der Waals surface area contributed by atoms with Crippen LogP contribution in [0.3, 0.4) is 0 Å². The van der Waals surface area contributed by atoms with Gasteiger partial charge in [0.25, 0.3) is 5.91 Å². The molecule has 0 aliphatic carbocycles. The second kappa shape index (κ2) is 12.3. The summed E-state index contributed by atoms with van der Waals surface area (Å²) in [6.45, 7) is 4.63. The van der Waals surface area contributed by atoms with E-state index in [1.165, 1.54) is 4.68 Å². The van der Waals surface area contributed by atoms with Gasteiger partial charge in [0.05, 0.1) is 12.1 Å². The molecule has 0 fully saturated rings. The van der Waals surface area contributed by atoms with E-state index in [0.717, 1.165) is 24.8 Å². The predicted molar refractivity (Wildman–Crippen MR) is 151 cm³/mol. The molecule has 4 aromatic rings. The zero-order chi connectivity index (χ0) is 27.1. The van der Waals surface area contributed by atoms with Gasteiger partial charge in [-0.15, -0.1) is 0 Å². The number of amides is 3. The molecule has 0 saturated carbocycles. The van der Waals surface area contributed by atoms with Gasteiger partial charge >= 0.3 is 11.8 Å². The number of carbonyl (C=O) groups is 3. The van der Waals surface area contributed by atoms with E-state index in [2.05, 4.69) is 23.0 Å². The van der Waals surface area contributed by atoms with Gasteiger partial charge in [0, 0.05) is 21.8 Å². The molecule has 196 valence electrons. The van der Waals surface area contributed by atoms with Gasteiger partial charge in [0.15, 0.2) is 0 Å². The van der Waals surface area contributed by atoms with E-state index in [1.54, 1.807) is 54.6 Å². The number of hydrogen-bond acceptors (Lipinski definition) is 4. The molecule has 0 unspecified atom stereocenters. The van der Waals surface area contributed by atoms with Gasteiger partial charge in [-0.05, 0) is 73.5 Å². The van der Waals surface area contributed by atoms with Crippen LogP contribution >= 0.6 is 11.6 Å². The van der Waals surface area contributed by atoms with Gasteiger partial charge in [0.2, 0.25) is 0 Å². The molecule has 38 heavy (non-hydrogen) atoms. The molecule has 3 amide bonds. The summed E-state index contributed by atoms with van der Waals surface area (Å²) >= 11 is 6.14. The van der Waals surface area contributed by atoms with Crippen LogP contribution in [0.4, 0.5) is 11.4 Å². The molecule has 1 aromatic heterocycles. The first kappa shape index (κ1) is 26.8. The summed E-state index contributed by atoms with van der Waals surface area (Å²) < 4.78 is 6.96. The van der Waals surface area contributed by atoms with Gasteiger partial charge in [-0.1, -0.05) is 49.6 Å². The molecule has 0 spiro atoms. The molecule has 9 heteroatoms. The third-order valence-corrected chi connectivity index (χ3v) is 6.17. The molecule has 0 saturated heterocycles. The number of aryl methyl sites for hydroxylation is 1. The number of anilines is 2. The highest BCUT2D eigenvalue weighted by Crippen LogP contribution is 2.24. The molecule has 3 N–H and O–H groups in total. The lowest BCUT2D eigenvalue weighted by atomic mass is 10.2. The smallest absolute Gasteiger partial charge is 0.328 e. The standard InChI is InChI=1S/C29H29ClN4O4/c1-3-4-7-16-38-23-13-11-22(12-14-23)31-28(36)29(37)33-34-25-15-10-21(30)17-20(25)18-26(34)27(35)32-24-9-6-5-8-19(24)2/h5-6,8-15,17-18H,3-4,7,16H2,1-2H3,(H,31,36)(H,32,35)(H,33,37). The van der Waals surface area contributed by atoms with Crippen molar-refractivity contribution in [2.45, 2.75) is 33.1 Å². The van der Waals surface area contributed by atoms with E-state index in [-0.39, 0.29) is 5.69 Å². The number of rotatable bonds is 9. The first-order valence-corrected chi connectivity index (χ1v) is 12.8. The Bertz CT molecular complexity index is 1460. The average Bonchev–Trinajstić information content (AvgIpc) is 3.26. The highest BCUT2D eigenvalue weighted by molar-refractivity contribution is 6.42. The number of unbranched alkanes of at least 4 members (excludes halogenated alkanes) is 2. The minimum Gasteiger partial charge on any atom is -0.494 e. The molecule has 0 aliphatic rings. The first-order chi connectivity index (χ1) is 18.4. The number of fused-ring (bicyclic) bond motifs is 1. The zero-order valence-electron chi connectivity index (χ0n) is 21.2. The minimum atomic E-state index is -0.942. The van der Waals surface area contributed by atoms with Crippen molar-refractivity contribution in [3.05, 3.63) is 89.1 Å². The molecule has 0 atom stereocenters. The SMILES string of the molecule is CCCCCOc1ccc(NC(=O)C(=O)Nn2c(C(=O)Nc3ccccc3C)cc3cc(Cl)ccc32)cc1. The number of carbonyl (C=O) groups excluding carboxylic acids is 3. The second-order valence-corrected chi connectivity index (χ2v) is 9.25. The van der Waals surface area contributed by atoms with E-state index < -0.39 is 17.7 Å².